The number of aliphatic hydroxyl groups excluding tert-OH is 1. The van der Waals surface area contributed by atoms with Crippen molar-refractivity contribution in [1.29, 1.82) is 0 Å². The number of hydrogen-bond donors (Lipinski definition) is 2. The van der Waals surface area contributed by atoms with Gasteiger partial charge in [-0.25, -0.2) is 4.39 Å². The number of halogens is 2. The van der Waals surface area contributed by atoms with Gasteiger partial charge in [-0.15, -0.1) is 0 Å². The van der Waals surface area contributed by atoms with Gasteiger partial charge in [-0.05, 0) is 36.6 Å². The summed E-state index contributed by atoms with van der Waals surface area (Å²) >= 11 is 6.11. The summed E-state index contributed by atoms with van der Waals surface area (Å²) in [5.41, 5.74) is 8.18. The van der Waals surface area contributed by atoms with Gasteiger partial charge in [-0.1, -0.05) is 47.5 Å². The quantitative estimate of drug-likeness (QED) is 0.891. The van der Waals surface area contributed by atoms with Crippen LogP contribution in [0.25, 0.3) is 0 Å². The van der Waals surface area contributed by atoms with Crippen molar-refractivity contribution in [3.63, 3.8) is 0 Å². The predicted molar refractivity (Wildman–Crippen MR) is 84.1 cm³/mol. The lowest BCUT2D eigenvalue weighted by atomic mass is 9.76. The molecule has 2 aromatic rings. The Labute approximate surface area is 129 Å². The Morgan fingerprint density at radius 1 is 1.24 bits per heavy atom. The molecule has 2 nitrogen and oxygen atoms in total. The van der Waals surface area contributed by atoms with E-state index in [0.29, 0.717) is 11.4 Å². The molecular formula is C17H19ClFNO. The second kappa shape index (κ2) is 6.56. The molecule has 3 N–H and O–H groups in total. The summed E-state index contributed by atoms with van der Waals surface area (Å²) in [5.74, 6) is -0.373. The van der Waals surface area contributed by atoms with Crippen LogP contribution in [-0.2, 0) is 11.8 Å². The number of hydrogen-bond acceptors (Lipinski definition) is 2. The molecule has 0 aliphatic rings. The lowest BCUT2D eigenvalue weighted by Gasteiger charge is -2.32. The van der Waals surface area contributed by atoms with Crippen molar-refractivity contribution < 1.29 is 9.50 Å². The van der Waals surface area contributed by atoms with Crippen LogP contribution in [0.3, 0.4) is 0 Å². The van der Waals surface area contributed by atoms with Crippen LogP contribution in [-0.4, -0.2) is 18.3 Å². The molecule has 0 saturated carbocycles. The SMILES string of the molecule is Cc1cccc(C(CN)(CO)Cc2ccc(F)cc2Cl)c1. The monoisotopic (exact) mass is 307 g/mol. The zero-order valence-electron chi connectivity index (χ0n) is 11.9. The summed E-state index contributed by atoms with van der Waals surface area (Å²) in [5, 5.41) is 10.3. The molecule has 0 aromatic heterocycles. The fourth-order valence-corrected chi connectivity index (χ4v) is 2.74. The standard InChI is InChI=1S/C17H19ClFNO/c1-12-3-2-4-14(7-12)17(10-20,11-21)9-13-5-6-15(19)8-16(13)18/h2-8,21H,9-11,20H2,1H3. The maximum atomic E-state index is 13.2. The second-order valence-corrected chi connectivity index (χ2v) is 5.83. The molecule has 0 radical (unpaired) electrons. The van der Waals surface area contributed by atoms with E-state index in [1.54, 1.807) is 6.07 Å². The Morgan fingerprint density at radius 2 is 2.00 bits per heavy atom. The topological polar surface area (TPSA) is 46.2 Å². The van der Waals surface area contributed by atoms with Gasteiger partial charge in [0, 0.05) is 17.0 Å². The fraction of sp³-hybridized carbons (Fsp3) is 0.294. The van der Waals surface area contributed by atoms with Crippen LogP contribution in [0.4, 0.5) is 4.39 Å². The number of aryl methyl sites for hydroxylation is 1. The molecule has 0 saturated heterocycles. The van der Waals surface area contributed by atoms with Gasteiger partial charge >= 0.3 is 0 Å². The zero-order valence-corrected chi connectivity index (χ0v) is 12.7. The van der Waals surface area contributed by atoms with E-state index >= 15 is 0 Å². The Kier molecular flexibility index (Phi) is 4.99. The minimum absolute atomic E-state index is 0.0966. The van der Waals surface area contributed by atoms with Crippen molar-refractivity contribution in [2.45, 2.75) is 18.8 Å². The first-order valence-corrected chi connectivity index (χ1v) is 7.20. The molecule has 1 atom stereocenters. The van der Waals surface area contributed by atoms with Gasteiger partial charge in [0.25, 0.3) is 0 Å². The summed E-state index contributed by atoms with van der Waals surface area (Å²) in [6.45, 7) is 2.17. The van der Waals surface area contributed by atoms with Gasteiger partial charge in [-0.2, -0.15) is 0 Å². The third kappa shape index (κ3) is 3.43. The van der Waals surface area contributed by atoms with Crippen molar-refractivity contribution in [2.75, 3.05) is 13.2 Å². The molecular weight excluding hydrogens is 289 g/mol. The van der Waals surface area contributed by atoms with E-state index in [9.17, 15) is 9.50 Å². The first kappa shape index (κ1) is 16.0. The lowest BCUT2D eigenvalue weighted by Crippen LogP contribution is -2.41. The molecule has 0 aliphatic heterocycles. The highest BCUT2D eigenvalue weighted by Gasteiger charge is 2.31. The van der Waals surface area contributed by atoms with E-state index in [-0.39, 0.29) is 19.0 Å². The summed E-state index contributed by atoms with van der Waals surface area (Å²) in [7, 11) is 0. The van der Waals surface area contributed by atoms with E-state index in [2.05, 4.69) is 0 Å². The van der Waals surface area contributed by atoms with Gasteiger partial charge in [0.05, 0.1) is 6.61 Å². The summed E-state index contributed by atoms with van der Waals surface area (Å²) in [6.07, 6.45) is 0.461. The van der Waals surface area contributed by atoms with Crippen LogP contribution in [0.2, 0.25) is 5.02 Å². The van der Waals surface area contributed by atoms with Crippen molar-refractivity contribution in [3.8, 4) is 0 Å². The normalized spacial score (nSPS) is 14.0. The summed E-state index contributed by atoms with van der Waals surface area (Å²) in [4.78, 5) is 0. The van der Waals surface area contributed by atoms with Crippen LogP contribution >= 0.6 is 11.6 Å². The Bertz CT molecular complexity index is 626. The van der Waals surface area contributed by atoms with Crippen LogP contribution in [0, 0.1) is 12.7 Å². The van der Waals surface area contributed by atoms with Crippen LogP contribution in [0.5, 0.6) is 0 Å². The van der Waals surface area contributed by atoms with Gasteiger partial charge in [-0.3, -0.25) is 0 Å². The minimum Gasteiger partial charge on any atom is -0.395 e. The molecule has 4 heteroatoms. The molecule has 2 aromatic carbocycles. The fourth-order valence-electron chi connectivity index (χ4n) is 2.51. The first-order chi connectivity index (χ1) is 10.0. The zero-order chi connectivity index (χ0) is 15.5. The molecule has 0 heterocycles. The highest BCUT2D eigenvalue weighted by molar-refractivity contribution is 6.31. The Morgan fingerprint density at radius 3 is 2.57 bits per heavy atom. The molecule has 0 bridgehead atoms. The predicted octanol–water partition coefficient (Wildman–Crippen LogP) is 3.22. The maximum Gasteiger partial charge on any atom is 0.124 e. The van der Waals surface area contributed by atoms with Crippen LogP contribution < -0.4 is 5.73 Å². The molecule has 112 valence electrons. The van der Waals surface area contributed by atoms with E-state index < -0.39 is 5.41 Å². The van der Waals surface area contributed by atoms with Crippen LogP contribution in [0.1, 0.15) is 16.7 Å². The molecule has 0 amide bonds. The third-order valence-electron chi connectivity index (χ3n) is 3.87. The number of benzene rings is 2. The minimum atomic E-state index is -0.618. The van der Waals surface area contributed by atoms with Crippen molar-refractivity contribution in [1.82, 2.24) is 0 Å². The first-order valence-electron chi connectivity index (χ1n) is 6.83. The van der Waals surface area contributed by atoms with Gasteiger partial charge < -0.3 is 10.8 Å². The highest BCUT2D eigenvalue weighted by Crippen LogP contribution is 2.31. The van der Waals surface area contributed by atoms with Crippen molar-refractivity contribution >= 4 is 11.6 Å². The molecule has 21 heavy (non-hydrogen) atoms. The molecule has 1 unspecified atom stereocenters. The molecule has 0 fully saturated rings. The van der Waals surface area contributed by atoms with E-state index in [1.807, 2.05) is 31.2 Å². The average Bonchev–Trinajstić information content (AvgIpc) is 2.47. The summed E-state index contributed by atoms with van der Waals surface area (Å²) < 4.78 is 13.2. The second-order valence-electron chi connectivity index (χ2n) is 5.42. The number of rotatable bonds is 5. The number of aliphatic hydroxyl groups is 1. The largest absolute Gasteiger partial charge is 0.395 e. The Balaban J connectivity index is 2.43. The van der Waals surface area contributed by atoms with Gasteiger partial charge in [0.1, 0.15) is 5.82 Å². The third-order valence-corrected chi connectivity index (χ3v) is 4.22. The lowest BCUT2D eigenvalue weighted by molar-refractivity contribution is 0.196. The Hall–Kier alpha value is -1.42. The average molecular weight is 308 g/mol. The van der Waals surface area contributed by atoms with E-state index in [4.69, 9.17) is 17.3 Å². The van der Waals surface area contributed by atoms with Gasteiger partial charge in [0.2, 0.25) is 0 Å². The van der Waals surface area contributed by atoms with Crippen LogP contribution in [0.15, 0.2) is 42.5 Å². The summed E-state index contributed by atoms with van der Waals surface area (Å²) in [6, 6.07) is 12.2. The number of nitrogens with two attached hydrogens (primary N) is 1. The molecule has 0 aliphatic carbocycles. The highest BCUT2D eigenvalue weighted by atomic mass is 35.5. The van der Waals surface area contributed by atoms with Gasteiger partial charge in [0.15, 0.2) is 0 Å². The smallest absolute Gasteiger partial charge is 0.124 e. The van der Waals surface area contributed by atoms with E-state index in [0.717, 1.165) is 16.7 Å². The van der Waals surface area contributed by atoms with Crippen molar-refractivity contribution in [3.05, 3.63) is 70.0 Å². The van der Waals surface area contributed by atoms with E-state index in [1.165, 1.54) is 12.1 Å². The molecule has 0 spiro atoms. The maximum absolute atomic E-state index is 13.2. The van der Waals surface area contributed by atoms with Crippen molar-refractivity contribution in [2.24, 2.45) is 5.73 Å². The molecule has 2 rings (SSSR count).